The number of amides is 1. The number of aromatic nitrogens is 4. The van der Waals surface area contributed by atoms with Gasteiger partial charge in [0.2, 0.25) is 11.9 Å². The van der Waals surface area contributed by atoms with E-state index < -0.39 is 0 Å². The third kappa shape index (κ3) is 4.54. The summed E-state index contributed by atoms with van der Waals surface area (Å²) < 4.78 is 3.58. The molecule has 31 heavy (non-hydrogen) atoms. The molecule has 0 spiro atoms. The summed E-state index contributed by atoms with van der Waals surface area (Å²) >= 11 is 0. The lowest BCUT2D eigenvalue weighted by atomic mass is 10.1. The molecule has 8 nitrogen and oxygen atoms in total. The third-order valence-corrected chi connectivity index (χ3v) is 6.16. The van der Waals surface area contributed by atoms with Crippen LogP contribution in [0.1, 0.15) is 36.3 Å². The molecule has 0 bridgehead atoms. The predicted octanol–water partition coefficient (Wildman–Crippen LogP) is 2.41. The second-order valence-corrected chi connectivity index (χ2v) is 8.30. The highest BCUT2D eigenvalue weighted by Crippen LogP contribution is 2.20. The third-order valence-electron chi connectivity index (χ3n) is 6.16. The number of piperidine rings is 1. The molecule has 0 aliphatic carbocycles. The van der Waals surface area contributed by atoms with Gasteiger partial charge in [-0.25, -0.2) is 9.97 Å². The summed E-state index contributed by atoms with van der Waals surface area (Å²) in [6, 6.07) is 7.93. The molecule has 1 aliphatic rings. The fraction of sp³-hybridized carbons (Fsp3) is 0.478. The Balaban J connectivity index is 1.55. The molecule has 0 unspecified atom stereocenters. The summed E-state index contributed by atoms with van der Waals surface area (Å²) in [5.74, 6) is 0.909. The molecule has 164 valence electrons. The Labute approximate surface area is 181 Å². The lowest BCUT2D eigenvalue weighted by molar-refractivity contribution is -0.115. The number of carbonyl (C=O) groups is 1. The number of nitrogens with one attached hydrogen (secondary N) is 1. The van der Waals surface area contributed by atoms with Crippen LogP contribution in [-0.4, -0.2) is 49.5 Å². The molecule has 3 heterocycles. The number of hydrogen-bond donors (Lipinski definition) is 1. The van der Waals surface area contributed by atoms with Crippen LogP contribution in [0, 0.1) is 13.8 Å². The largest absolute Gasteiger partial charge is 0.309 e. The number of benzene rings is 1. The highest BCUT2D eigenvalue weighted by Gasteiger charge is 2.18. The number of aryl methyl sites for hydroxylation is 1. The topological polar surface area (TPSA) is 85.1 Å². The molecule has 1 aromatic carbocycles. The van der Waals surface area contributed by atoms with Crippen LogP contribution in [0.4, 0.5) is 5.95 Å². The van der Waals surface area contributed by atoms with E-state index in [1.54, 1.807) is 20.9 Å². The highest BCUT2D eigenvalue weighted by molar-refractivity contribution is 5.92. The Morgan fingerprint density at radius 2 is 1.81 bits per heavy atom. The van der Waals surface area contributed by atoms with Gasteiger partial charge >= 0.3 is 0 Å². The zero-order valence-electron chi connectivity index (χ0n) is 18.5. The molecule has 1 aliphatic heterocycles. The van der Waals surface area contributed by atoms with Crippen molar-refractivity contribution >= 4 is 22.9 Å². The number of fused-ring (bicyclic) bond motifs is 1. The van der Waals surface area contributed by atoms with Crippen molar-refractivity contribution < 1.29 is 4.79 Å². The van der Waals surface area contributed by atoms with Crippen LogP contribution in [0.25, 0.3) is 11.0 Å². The zero-order chi connectivity index (χ0) is 22.0. The van der Waals surface area contributed by atoms with Gasteiger partial charge in [-0.2, -0.15) is 0 Å². The number of nitrogens with zero attached hydrogens (tertiary/aromatic N) is 5. The summed E-state index contributed by atoms with van der Waals surface area (Å²) in [6.07, 6.45) is 3.84. The van der Waals surface area contributed by atoms with Crippen molar-refractivity contribution in [1.29, 1.82) is 0 Å². The van der Waals surface area contributed by atoms with Gasteiger partial charge in [-0.3, -0.25) is 19.5 Å². The van der Waals surface area contributed by atoms with E-state index in [0.29, 0.717) is 23.0 Å². The first-order valence-electron chi connectivity index (χ1n) is 10.9. The highest BCUT2D eigenvalue weighted by atomic mass is 16.2. The number of para-hydroxylation sites is 2. The summed E-state index contributed by atoms with van der Waals surface area (Å²) in [7, 11) is 1.69. The standard InChI is InChI=1S/C23H30N6O2/c1-16-19(24-17(2)27(3)22(16)31)15-21(30)26-23-25-18-9-5-6-10-20(18)29(23)14-13-28-11-7-4-8-12-28/h5-6,9-10H,4,7-8,11-15H2,1-3H3,(H,25,26,30). The first kappa shape index (κ1) is 21.2. The molecule has 1 fully saturated rings. The minimum atomic E-state index is -0.224. The molecule has 0 radical (unpaired) electrons. The van der Waals surface area contributed by atoms with E-state index >= 15 is 0 Å². The molecule has 0 saturated carbocycles. The Bertz CT molecular complexity index is 1160. The first-order valence-corrected chi connectivity index (χ1v) is 10.9. The van der Waals surface area contributed by atoms with E-state index in [1.165, 1.54) is 23.8 Å². The quantitative estimate of drug-likeness (QED) is 0.659. The summed E-state index contributed by atoms with van der Waals surface area (Å²) in [5, 5.41) is 2.96. The van der Waals surface area contributed by atoms with E-state index in [0.717, 1.165) is 37.2 Å². The predicted molar refractivity (Wildman–Crippen MR) is 121 cm³/mol. The molecule has 4 rings (SSSR count). The van der Waals surface area contributed by atoms with Crippen LogP contribution in [-0.2, 0) is 24.8 Å². The number of carbonyl (C=O) groups excluding carboxylic acids is 1. The monoisotopic (exact) mass is 422 g/mol. The lowest BCUT2D eigenvalue weighted by Crippen LogP contribution is -2.33. The van der Waals surface area contributed by atoms with Crippen LogP contribution < -0.4 is 10.9 Å². The Morgan fingerprint density at radius 1 is 1.06 bits per heavy atom. The first-order chi connectivity index (χ1) is 14.9. The molecule has 1 amide bonds. The number of hydrogen-bond acceptors (Lipinski definition) is 5. The van der Waals surface area contributed by atoms with E-state index in [2.05, 4.69) is 24.8 Å². The Morgan fingerprint density at radius 3 is 2.58 bits per heavy atom. The van der Waals surface area contributed by atoms with Crippen molar-refractivity contribution in [3.05, 3.63) is 51.7 Å². The number of anilines is 1. The average Bonchev–Trinajstić information content (AvgIpc) is 3.12. The van der Waals surface area contributed by atoms with Crippen molar-refractivity contribution in [2.24, 2.45) is 7.05 Å². The van der Waals surface area contributed by atoms with Gasteiger partial charge in [-0.1, -0.05) is 18.6 Å². The smallest absolute Gasteiger partial charge is 0.256 e. The van der Waals surface area contributed by atoms with Crippen molar-refractivity contribution in [1.82, 2.24) is 24.0 Å². The SMILES string of the molecule is Cc1c(CC(=O)Nc2nc3ccccc3n2CCN2CCCCC2)nc(C)n(C)c1=O. The minimum absolute atomic E-state index is 0.0398. The van der Waals surface area contributed by atoms with Crippen LogP contribution in [0.5, 0.6) is 0 Å². The zero-order valence-corrected chi connectivity index (χ0v) is 18.5. The maximum Gasteiger partial charge on any atom is 0.256 e. The van der Waals surface area contributed by atoms with Gasteiger partial charge in [-0.15, -0.1) is 0 Å². The maximum absolute atomic E-state index is 12.9. The molecule has 2 aromatic heterocycles. The van der Waals surface area contributed by atoms with E-state index in [1.807, 2.05) is 24.3 Å². The summed E-state index contributed by atoms with van der Waals surface area (Å²) in [6.45, 7) is 7.42. The molecular weight excluding hydrogens is 392 g/mol. The fourth-order valence-corrected chi connectivity index (χ4v) is 4.19. The van der Waals surface area contributed by atoms with Crippen LogP contribution in [0.2, 0.25) is 0 Å². The Kier molecular flexibility index (Phi) is 6.18. The summed E-state index contributed by atoms with van der Waals surface area (Å²) in [4.78, 5) is 36.8. The molecule has 0 atom stereocenters. The normalized spacial score (nSPS) is 14.8. The van der Waals surface area contributed by atoms with Crippen molar-refractivity contribution in [2.75, 3.05) is 25.0 Å². The number of imidazole rings is 1. The Hall–Kier alpha value is -3.00. The van der Waals surface area contributed by atoms with Gasteiger partial charge in [0.05, 0.1) is 23.1 Å². The second kappa shape index (κ2) is 9.01. The second-order valence-electron chi connectivity index (χ2n) is 8.30. The molecule has 8 heteroatoms. The summed E-state index contributed by atoms with van der Waals surface area (Å²) in [5.41, 5.74) is 2.75. The van der Waals surface area contributed by atoms with Gasteiger partial charge in [-0.05, 0) is 51.9 Å². The maximum atomic E-state index is 12.9. The average molecular weight is 423 g/mol. The van der Waals surface area contributed by atoms with E-state index in [9.17, 15) is 9.59 Å². The van der Waals surface area contributed by atoms with Crippen LogP contribution in [0.3, 0.4) is 0 Å². The molecule has 1 saturated heterocycles. The van der Waals surface area contributed by atoms with Crippen LogP contribution in [0.15, 0.2) is 29.1 Å². The van der Waals surface area contributed by atoms with Crippen molar-refractivity contribution in [2.45, 2.75) is 46.1 Å². The van der Waals surface area contributed by atoms with Gasteiger partial charge in [0, 0.05) is 25.7 Å². The van der Waals surface area contributed by atoms with E-state index in [-0.39, 0.29) is 17.9 Å². The number of rotatable bonds is 6. The van der Waals surface area contributed by atoms with Gasteiger partial charge in [0.1, 0.15) is 5.82 Å². The van der Waals surface area contributed by atoms with E-state index in [4.69, 9.17) is 0 Å². The minimum Gasteiger partial charge on any atom is -0.309 e. The molecule has 3 aromatic rings. The van der Waals surface area contributed by atoms with Crippen LogP contribution >= 0.6 is 0 Å². The fourth-order valence-electron chi connectivity index (χ4n) is 4.19. The van der Waals surface area contributed by atoms with Gasteiger partial charge in [0.25, 0.3) is 5.56 Å². The van der Waals surface area contributed by atoms with Crippen molar-refractivity contribution in [3.8, 4) is 0 Å². The van der Waals surface area contributed by atoms with Gasteiger partial charge in [0.15, 0.2) is 0 Å². The molecule has 1 N–H and O–H groups in total. The lowest BCUT2D eigenvalue weighted by Gasteiger charge is -2.26. The van der Waals surface area contributed by atoms with Crippen molar-refractivity contribution in [3.63, 3.8) is 0 Å². The molecular formula is C23H30N6O2. The van der Waals surface area contributed by atoms with Gasteiger partial charge < -0.3 is 9.47 Å². The number of likely N-dealkylation sites (tertiary alicyclic amines) is 1.